The molecule has 3 rings (SSSR count). The molecule has 0 fully saturated rings. The van der Waals surface area contributed by atoms with Gasteiger partial charge in [-0.05, 0) is 49.7 Å². The minimum Gasteiger partial charge on any atom is -0.484 e. The Morgan fingerprint density at radius 3 is 2.76 bits per heavy atom. The number of hydrogen-bond donors (Lipinski definition) is 1. The Kier molecular flexibility index (Phi) is 5.71. The number of amides is 1. The van der Waals surface area contributed by atoms with Crippen LogP contribution in [-0.4, -0.2) is 28.6 Å². The molecule has 0 saturated carbocycles. The minimum absolute atomic E-state index is 0.0225. The van der Waals surface area contributed by atoms with Crippen LogP contribution in [0.3, 0.4) is 0 Å². The van der Waals surface area contributed by atoms with Crippen LogP contribution in [0.1, 0.15) is 12.2 Å². The SMILES string of the molecule is Cc1nc2ccccc2n1CCCNC(=O)COc1ccc(Br)cc1. The first-order chi connectivity index (χ1) is 12.1. The van der Waals surface area contributed by atoms with Gasteiger partial charge in [-0.3, -0.25) is 4.79 Å². The fourth-order valence-corrected chi connectivity index (χ4v) is 2.94. The molecule has 1 N–H and O–H groups in total. The van der Waals surface area contributed by atoms with Crippen molar-refractivity contribution in [3.63, 3.8) is 0 Å². The van der Waals surface area contributed by atoms with Crippen LogP contribution >= 0.6 is 15.9 Å². The highest BCUT2D eigenvalue weighted by molar-refractivity contribution is 9.10. The maximum absolute atomic E-state index is 11.9. The molecule has 1 heterocycles. The van der Waals surface area contributed by atoms with Crippen LogP contribution < -0.4 is 10.1 Å². The number of fused-ring (bicyclic) bond motifs is 1. The molecule has 0 aliphatic heterocycles. The topological polar surface area (TPSA) is 56.2 Å². The minimum atomic E-state index is -0.116. The summed E-state index contributed by atoms with van der Waals surface area (Å²) in [6.45, 7) is 3.45. The lowest BCUT2D eigenvalue weighted by Gasteiger charge is -2.09. The summed E-state index contributed by atoms with van der Waals surface area (Å²) in [5, 5.41) is 2.89. The number of aryl methyl sites for hydroxylation is 2. The van der Waals surface area contributed by atoms with Gasteiger partial charge in [0.05, 0.1) is 11.0 Å². The molecule has 1 aromatic heterocycles. The summed E-state index contributed by atoms with van der Waals surface area (Å²) in [5.41, 5.74) is 2.14. The third-order valence-electron chi connectivity index (χ3n) is 3.91. The van der Waals surface area contributed by atoms with Crippen LogP contribution in [-0.2, 0) is 11.3 Å². The number of aromatic nitrogens is 2. The maximum Gasteiger partial charge on any atom is 0.257 e. The number of benzene rings is 2. The van der Waals surface area contributed by atoms with Gasteiger partial charge in [-0.25, -0.2) is 4.98 Å². The predicted molar refractivity (Wildman–Crippen MR) is 102 cm³/mol. The highest BCUT2D eigenvalue weighted by atomic mass is 79.9. The third kappa shape index (κ3) is 4.60. The lowest BCUT2D eigenvalue weighted by molar-refractivity contribution is -0.123. The van der Waals surface area contributed by atoms with E-state index in [1.165, 1.54) is 0 Å². The van der Waals surface area contributed by atoms with Gasteiger partial charge >= 0.3 is 0 Å². The molecule has 0 saturated heterocycles. The van der Waals surface area contributed by atoms with Crippen LogP contribution in [0.15, 0.2) is 53.0 Å². The van der Waals surface area contributed by atoms with Gasteiger partial charge in [0.2, 0.25) is 0 Å². The molecule has 0 spiro atoms. The van der Waals surface area contributed by atoms with Gasteiger partial charge in [0.1, 0.15) is 11.6 Å². The number of nitrogens with one attached hydrogen (secondary N) is 1. The smallest absolute Gasteiger partial charge is 0.257 e. The Bertz CT molecular complexity index is 859. The highest BCUT2D eigenvalue weighted by Gasteiger charge is 2.07. The number of rotatable bonds is 7. The summed E-state index contributed by atoms with van der Waals surface area (Å²) in [6.07, 6.45) is 0.839. The number of imidazole rings is 1. The summed E-state index contributed by atoms with van der Waals surface area (Å²) < 4.78 is 8.61. The number of nitrogens with zero attached hydrogens (tertiary/aromatic N) is 2. The number of carbonyl (C=O) groups is 1. The predicted octanol–water partition coefficient (Wildman–Crippen LogP) is 3.69. The molecular formula is C19H20BrN3O2. The van der Waals surface area contributed by atoms with Crippen molar-refractivity contribution < 1.29 is 9.53 Å². The highest BCUT2D eigenvalue weighted by Crippen LogP contribution is 2.16. The van der Waals surface area contributed by atoms with Crippen molar-refractivity contribution in [3.05, 3.63) is 58.8 Å². The zero-order chi connectivity index (χ0) is 17.6. The lowest BCUT2D eigenvalue weighted by atomic mass is 10.3. The van der Waals surface area contributed by atoms with Crippen LogP contribution in [0, 0.1) is 6.92 Å². The molecule has 2 aromatic carbocycles. The Balaban J connectivity index is 1.42. The Morgan fingerprint density at radius 1 is 1.20 bits per heavy atom. The van der Waals surface area contributed by atoms with E-state index >= 15 is 0 Å². The van der Waals surface area contributed by atoms with Crippen molar-refractivity contribution >= 4 is 32.9 Å². The van der Waals surface area contributed by atoms with Gasteiger partial charge in [0.15, 0.2) is 6.61 Å². The molecule has 0 radical (unpaired) electrons. The van der Waals surface area contributed by atoms with E-state index in [2.05, 4.69) is 36.9 Å². The fourth-order valence-electron chi connectivity index (χ4n) is 2.67. The molecule has 6 heteroatoms. The molecule has 3 aromatic rings. The second-order valence-corrected chi connectivity index (χ2v) is 6.66. The number of hydrogen-bond acceptors (Lipinski definition) is 3. The lowest BCUT2D eigenvalue weighted by Crippen LogP contribution is -2.30. The molecular weight excluding hydrogens is 382 g/mol. The average molecular weight is 402 g/mol. The van der Waals surface area contributed by atoms with Crippen molar-refractivity contribution in [2.45, 2.75) is 19.9 Å². The van der Waals surface area contributed by atoms with Gasteiger partial charge in [-0.1, -0.05) is 28.1 Å². The maximum atomic E-state index is 11.9. The molecule has 0 aliphatic rings. The molecule has 0 aliphatic carbocycles. The summed E-state index contributed by atoms with van der Waals surface area (Å²) in [5.74, 6) is 1.56. The van der Waals surface area contributed by atoms with Crippen LogP contribution in [0.4, 0.5) is 0 Å². The van der Waals surface area contributed by atoms with E-state index in [4.69, 9.17) is 4.74 Å². The van der Waals surface area contributed by atoms with Crippen molar-refractivity contribution in [3.8, 4) is 5.75 Å². The number of ether oxygens (including phenoxy) is 1. The number of para-hydroxylation sites is 2. The van der Waals surface area contributed by atoms with Crippen molar-refractivity contribution in [2.75, 3.05) is 13.2 Å². The zero-order valence-electron chi connectivity index (χ0n) is 14.0. The molecule has 5 nitrogen and oxygen atoms in total. The summed E-state index contributed by atoms with van der Waals surface area (Å²) in [7, 11) is 0. The summed E-state index contributed by atoms with van der Waals surface area (Å²) in [6, 6.07) is 15.5. The van der Waals surface area contributed by atoms with E-state index in [-0.39, 0.29) is 12.5 Å². The first-order valence-electron chi connectivity index (χ1n) is 8.20. The van der Waals surface area contributed by atoms with Gasteiger partial charge in [0, 0.05) is 17.6 Å². The zero-order valence-corrected chi connectivity index (χ0v) is 15.6. The van der Waals surface area contributed by atoms with Gasteiger partial charge < -0.3 is 14.6 Å². The van der Waals surface area contributed by atoms with Gasteiger partial charge in [-0.2, -0.15) is 0 Å². The Labute approximate surface area is 155 Å². The third-order valence-corrected chi connectivity index (χ3v) is 4.44. The van der Waals surface area contributed by atoms with E-state index in [0.717, 1.165) is 34.3 Å². The number of carbonyl (C=O) groups excluding carboxylic acids is 1. The van der Waals surface area contributed by atoms with Crippen molar-refractivity contribution in [1.82, 2.24) is 14.9 Å². The molecule has 130 valence electrons. The fraction of sp³-hybridized carbons (Fsp3) is 0.263. The van der Waals surface area contributed by atoms with Crippen LogP contribution in [0.25, 0.3) is 11.0 Å². The van der Waals surface area contributed by atoms with E-state index in [0.29, 0.717) is 12.3 Å². The number of halogens is 1. The largest absolute Gasteiger partial charge is 0.484 e. The van der Waals surface area contributed by atoms with E-state index in [1.807, 2.05) is 49.4 Å². The normalized spacial score (nSPS) is 10.8. The molecule has 25 heavy (non-hydrogen) atoms. The first-order valence-corrected chi connectivity index (χ1v) is 9.00. The monoisotopic (exact) mass is 401 g/mol. The van der Waals surface area contributed by atoms with E-state index < -0.39 is 0 Å². The van der Waals surface area contributed by atoms with Crippen molar-refractivity contribution in [2.24, 2.45) is 0 Å². The van der Waals surface area contributed by atoms with Gasteiger partial charge in [0.25, 0.3) is 5.91 Å². The van der Waals surface area contributed by atoms with Crippen LogP contribution in [0.2, 0.25) is 0 Å². The molecule has 1 amide bonds. The first kappa shape index (κ1) is 17.5. The van der Waals surface area contributed by atoms with E-state index in [1.54, 1.807) is 0 Å². The second-order valence-electron chi connectivity index (χ2n) is 5.75. The second kappa shape index (κ2) is 8.16. The molecule has 0 bridgehead atoms. The molecule has 0 unspecified atom stereocenters. The Morgan fingerprint density at radius 2 is 1.96 bits per heavy atom. The van der Waals surface area contributed by atoms with Gasteiger partial charge in [-0.15, -0.1) is 0 Å². The summed E-state index contributed by atoms with van der Waals surface area (Å²) in [4.78, 5) is 16.4. The standard InChI is InChI=1S/C19H20BrN3O2/c1-14-22-17-5-2-3-6-18(17)23(14)12-4-11-21-19(24)13-25-16-9-7-15(20)8-10-16/h2-3,5-10H,4,11-13H2,1H3,(H,21,24). The molecule has 0 atom stereocenters. The van der Waals surface area contributed by atoms with Crippen molar-refractivity contribution in [1.29, 1.82) is 0 Å². The Hall–Kier alpha value is -2.34. The average Bonchev–Trinajstić information content (AvgIpc) is 2.93. The van der Waals surface area contributed by atoms with Crippen LogP contribution in [0.5, 0.6) is 5.75 Å². The quantitative estimate of drug-likeness (QED) is 0.614. The van der Waals surface area contributed by atoms with E-state index in [9.17, 15) is 4.79 Å². The summed E-state index contributed by atoms with van der Waals surface area (Å²) >= 11 is 3.36.